The summed E-state index contributed by atoms with van der Waals surface area (Å²) in [5, 5.41) is 3.25. The van der Waals surface area contributed by atoms with Crippen LogP contribution in [0.1, 0.15) is 26.3 Å². The molecule has 7 heteroatoms. The van der Waals surface area contributed by atoms with Gasteiger partial charge in [-0.3, -0.25) is 14.5 Å². The zero-order valence-corrected chi connectivity index (χ0v) is 23.5. The fraction of sp³-hybridized carbons (Fsp3) is 0.188. The van der Waals surface area contributed by atoms with E-state index >= 15 is 0 Å². The third-order valence-corrected chi connectivity index (χ3v) is 8.07. The summed E-state index contributed by atoms with van der Waals surface area (Å²) in [5.74, 6) is 0.521. The number of anilines is 2. The lowest BCUT2D eigenvalue weighted by atomic mass is 9.99. The molecule has 1 aliphatic rings. The second-order valence-corrected chi connectivity index (χ2v) is 10.9. The molecule has 198 valence electrons. The minimum atomic E-state index is -0.242. The minimum absolute atomic E-state index is 0.152. The van der Waals surface area contributed by atoms with Crippen LogP contribution < -0.4 is 10.2 Å². The Kier molecular flexibility index (Phi) is 8.36. The normalized spacial score (nSPS) is 15.4. The van der Waals surface area contributed by atoms with Crippen molar-refractivity contribution >= 4 is 46.6 Å². The molecule has 39 heavy (non-hydrogen) atoms. The fourth-order valence-electron chi connectivity index (χ4n) is 4.98. The number of benzene rings is 4. The molecular formula is C32H30ClN3O2S. The SMILES string of the molecule is CSC[C@@H]1CN(C(=O)c2ccc(NC(=O)c3ccccc3-c3ccccc3)cc2Cl)c2ccccc2CN1C. The highest BCUT2D eigenvalue weighted by molar-refractivity contribution is 7.98. The zero-order chi connectivity index (χ0) is 27.4. The maximum Gasteiger partial charge on any atom is 0.259 e. The van der Waals surface area contributed by atoms with Crippen molar-refractivity contribution < 1.29 is 9.59 Å². The molecule has 1 atom stereocenters. The van der Waals surface area contributed by atoms with Crippen molar-refractivity contribution in [1.82, 2.24) is 4.90 Å². The molecule has 0 aliphatic carbocycles. The number of hydrogen-bond acceptors (Lipinski definition) is 4. The highest BCUT2D eigenvalue weighted by Crippen LogP contribution is 2.31. The summed E-state index contributed by atoms with van der Waals surface area (Å²) in [6.45, 7) is 1.34. The maximum atomic E-state index is 13.9. The lowest BCUT2D eigenvalue weighted by molar-refractivity contribution is 0.0980. The van der Waals surface area contributed by atoms with Gasteiger partial charge < -0.3 is 10.2 Å². The van der Waals surface area contributed by atoms with Gasteiger partial charge in [0.25, 0.3) is 11.8 Å². The predicted octanol–water partition coefficient (Wildman–Crippen LogP) is 7.08. The molecule has 0 spiro atoms. The predicted molar refractivity (Wildman–Crippen MR) is 163 cm³/mol. The molecule has 0 bridgehead atoms. The van der Waals surface area contributed by atoms with Crippen molar-refractivity contribution in [3.8, 4) is 11.1 Å². The number of amides is 2. The van der Waals surface area contributed by atoms with Crippen LogP contribution in [0.3, 0.4) is 0 Å². The first-order valence-corrected chi connectivity index (χ1v) is 14.6. The van der Waals surface area contributed by atoms with Gasteiger partial charge in [0.2, 0.25) is 0 Å². The maximum absolute atomic E-state index is 13.9. The van der Waals surface area contributed by atoms with Crippen LogP contribution in [-0.4, -0.2) is 48.4 Å². The average Bonchev–Trinajstić information content (AvgIpc) is 3.09. The van der Waals surface area contributed by atoms with E-state index in [1.54, 1.807) is 36.0 Å². The third-order valence-electron chi connectivity index (χ3n) is 7.04. The van der Waals surface area contributed by atoms with Crippen LogP contribution in [0.4, 0.5) is 11.4 Å². The van der Waals surface area contributed by atoms with E-state index in [9.17, 15) is 9.59 Å². The quantitative estimate of drug-likeness (QED) is 0.276. The van der Waals surface area contributed by atoms with Gasteiger partial charge in [-0.1, -0.05) is 78.3 Å². The van der Waals surface area contributed by atoms with Crippen LogP contribution in [-0.2, 0) is 6.54 Å². The number of nitrogens with one attached hydrogen (secondary N) is 1. The second kappa shape index (κ2) is 12.1. The van der Waals surface area contributed by atoms with Crippen molar-refractivity contribution in [2.24, 2.45) is 0 Å². The first-order valence-electron chi connectivity index (χ1n) is 12.8. The van der Waals surface area contributed by atoms with E-state index in [-0.39, 0.29) is 17.9 Å². The summed E-state index contributed by atoms with van der Waals surface area (Å²) < 4.78 is 0. The van der Waals surface area contributed by atoms with Crippen molar-refractivity contribution in [2.75, 3.05) is 35.8 Å². The monoisotopic (exact) mass is 555 g/mol. The van der Waals surface area contributed by atoms with Gasteiger partial charge in [0, 0.05) is 41.8 Å². The Balaban J connectivity index is 1.40. The van der Waals surface area contributed by atoms with Crippen LogP contribution in [0.25, 0.3) is 11.1 Å². The van der Waals surface area contributed by atoms with Gasteiger partial charge >= 0.3 is 0 Å². The smallest absolute Gasteiger partial charge is 0.259 e. The molecular weight excluding hydrogens is 526 g/mol. The van der Waals surface area contributed by atoms with Gasteiger partial charge in [-0.25, -0.2) is 0 Å². The van der Waals surface area contributed by atoms with Gasteiger partial charge in [0.1, 0.15) is 0 Å². The summed E-state index contributed by atoms with van der Waals surface area (Å²) in [5.41, 5.74) is 5.31. The molecule has 5 rings (SSSR count). The standard InChI is InChI=1S/C32H30ClN3O2S/c1-35-19-23-12-6-9-15-30(23)36(20-25(35)21-39-2)32(38)28-17-16-24(18-29(28)33)34-31(37)27-14-8-7-13-26(27)22-10-4-3-5-11-22/h3-18,25H,19-21H2,1-2H3,(H,34,37)/t25-/m0/s1. The Labute approximate surface area is 238 Å². The summed E-state index contributed by atoms with van der Waals surface area (Å²) in [6.07, 6.45) is 2.08. The lowest BCUT2D eigenvalue weighted by Gasteiger charge is -2.29. The van der Waals surface area contributed by atoms with Crippen molar-refractivity contribution in [3.05, 3.63) is 119 Å². The number of para-hydroxylation sites is 1. The molecule has 5 nitrogen and oxygen atoms in total. The van der Waals surface area contributed by atoms with Crippen LogP contribution in [0.15, 0.2) is 97.1 Å². The van der Waals surface area contributed by atoms with Gasteiger partial charge in [0.15, 0.2) is 0 Å². The third kappa shape index (κ3) is 5.88. The topological polar surface area (TPSA) is 52.7 Å². The number of likely N-dealkylation sites (N-methyl/N-ethyl adjacent to an activating group) is 1. The zero-order valence-electron chi connectivity index (χ0n) is 21.9. The molecule has 1 aliphatic heterocycles. The molecule has 0 saturated heterocycles. The van der Waals surface area contributed by atoms with Gasteiger partial charge in [-0.2, -0.15) is 11.8 Å². The highest BCUT2D eigenvalue weighted by Gasteiger charge is 2.30. The number of thioether (sulfide) groups is 1. The molecule has 0 unspecified atom stereocenters. The van der Waals surface area contributed by atoms with Crippen molar-refractivity contribution in [3.63, 3.8) is 0 Å². The molecule has 2 amide bonds. The number of fused-ring (bicyclic) bond motifs is 1. The molecule has 0 saturated carbocycles. The summed E-state index contributed by atoms with van der Waals surface area (Å²) >= 11 is 8.45. The second-order valence-electron chi connectivity index (χ2n) is 9.63. The minimum Gasteiger partial charge on any atom is -0.322 e. The van der Waals surface area contributed by atoms with E-state index in [0.717, 1.165) is 34.7 Å². The molecule has 1 heterocycles. The Bertz CT molecular complexity index is 1490. The van der Waals surface area contributed by atoms with E-state index in [4.69, 9.17) is 11.6 Å². The summed E-state index contributed by atoms with van der Waals surface area (Å²) in [6, 6.07) is 30.6. The summed E-state index contributed by atoms with van der Waals surface area (Å²) in [4.78, 5) is 31.3. The largest absolute Gasteiger partial charge is 0.322 e. The van der Waals surface area contributed by atoms with Crippen LogP contribution in [0.2, 0.25) is 5.02 Å². The molecule has 1 N–H and O–H groups in total. The van der Waals surface area contributed by atoms with E-state index in [2.05, 4.69) is 29.6 Å². The first kappa shape index (κ1) is 27.0. The van der Waals surface area contributed by atoms with Crippen molar-refractivity contribution in [1.29, 1.82) is 0 Å². The van der Waals surface area contributed by atoms with Gasteiger partial charge in [-0.15, -0.1) is 0 Å². The van der Waals surface area contributed by atoms with Crippen molar-refractivity contribution in [2.45, 2.75) is 12.6 Å². The number of rotatable bonds is 6. The first-order chi connectivity index (χ1) is 19.0. The van der Waals surface area contributed by atoms with Gasteiger partial charge in [-0.05, 0) is 60.3 Å². The number of hydrogen-bond donors (Lipinski definition) is 1. The molecule has 4 aromatic rings. The Morgan fingerprint density at radius 3 is 2.41 bits per heavy atom. The number of carbonyl (C=O) groups is 2. The fourth-order valence-corrected chi connectivity index (χ4v) is 5.99. The van der Waals surface area contributed by atoms with E-state index in [1.807, 2.05) is 71.6 Å². The number of nitrogens with zero attached hydrogens (tertiary/aromatic N) is 2. The average molecular weight is 556 g/mol. The Hall–Kier alpha value is -3.58. The molecule has 0 fully saturated rings. The Morgan fingerprint density at radius 2 is 1.64 bits per heavy atom. The highest BCUT2D eigenvalue weighted by atomic mass is 35.5. The van der Waals surface area contributed by atoms with E-state index in [0.29, 0.717) is 28.4 Å². The number of carbonyl (C=O) groups excluding carboxylic acids is 2. The lowest BCUT2D eigenvalue weighted by Crippen LogP contribution is -2.43. The van der Waals surface area contributed by atoms with Crippen LogP contribution >= 0.6 is 23.4 Å². The molecule has 4 aromatic carbocycles. The van der Waals surface area contributed by atoms with Gasteiger partial charge in [0.05, 0.1) is 10.6 Å². The van der Waals surface area contributed by atoms with E-state index in [1.165, 1.54) is 0 Å². The number of halogens is 1. The molecule has 0 aromatic heterocycles. The van der Waals surface area contributed by atoms with Crippen LogP contribution in [0, 0.1) is 0 Å². The van der Waals surface area contributed by atoms with E-state index < -0.39 is 0 Å². The molecule has 0 radical (unpaired) electrons. The summed E-state index contributed by atoms with van der Waals surface area (Å²) in [7, 11) is 2.10. The van der Waals surface area contributed by atoms with Crippen LogP contribution in [0.5, 0.6) is 0 Å². The Morgan fingerprint density at radius 1 is 0.923 bits per heavy atom.